The molecule has 4 aliphatic carbocycles. The molecule has 4 aliphatic rings. The molecular formula is C9H11BrO3S. The maximum atomic E-state index is 10.9. The topological polar surface area (TPSA) is 43.4 Å². The number of sulfone groups is 1. The SMILES string of the molecule is CS(=O)(=O)CO[C@H]1C(Br)=CC2[C@@H]3C1[C@H]23. The normalized spacial score (nSPS) is 48.1. The number of ether oxygens (including phenoxy) is 1. The number of allylic oxidation sites excluding steroid dienone is 1. The van der Waals surface area contributed by atoms with E-state index < -0.39 is 9.84 Å². The van der Waals surface area contributed by atoms with Crippen molar-refractivity contribution in [2.75, 3.05) is 12.2 Å². The standard InChI is InChI=1S/C9H11BrO3S/c1-14(11,12)3-13-9-5(10)2-4-6-7(4)8(6)9/h2,4,6-9H,3H2,1H3/t4?,6-,7+,8?,9-/m0/s1. The molecule has 0 spiro atoms. The van der Waals surface area contributed by atoms with Crippen molar-refractivity contribution in [2.24, 2.45) is 23.7 Å². The Morgan fingerprint density at radius 2 is 2.07 bits per heavy atom. The highest BCUT2D eigenvalue weighted by molar-refractivity contribution is 9.11. The lowest BCUT2D eigenvalue weighted by molar-refractivity contribution is 0.0766. The van der Waals surface area contributed by atoms with Crippen LogP contribution in [0.25, 0.3) is 0 Å². The summed E-state index contributed by atoms with van der Waals surface area (Å²) in [6, 6.07) is 0. The second-order valence-corrected chi connectivity index (χ2v) is 7.49. The molecule has 2 saturated carbocycles. The van der Waals surface area contributed by atoms with Crippen LogP contribution in [0, 0.1) is 23.7 Å². The molecule has 0 aromatic rings. The Balaban J connectivity index is 1.68. The quantitative estimate of drug-likeness (QED) is 0.778. The van der Waals surface area contributed by atoms with Crippen LogP contribution in [0.3, 0.4) is 0 Å². The zero-order valence-electron chi connectivity index (χ0n) is 7.68. The summed E-state index contributed by atoms with van der Waals surface area (Å²) in [6.45, 7) is 0. The highest BCUT2D eigenvalue weighted by Gasteiger charge is 2.77. The molecule has 0 saturated heterocycles. The van der Waals surface area contributed by atoms with Gasteiger partial charge in [0.15, 0.2) is 9.84 Å². The van der Waals surface area contributed by atoms with Gasteiger partial charge in [0.2, 0.25) is 0 Å². The van der Waals surface area contributed by atoms with Crippen molar-refractivity contribution in [3.63, 3.8) is 0 Å². The minimum atomic E-state index is -3.01. The maximum absolute atomic E-state index is 10.9. The van der Waals surface area contributed by atoms with E-state index in [2.05, 4.69) is 22.0 Å². The van der Waals surface area contributed by atoms with Crippen LogP contribution in [0.15, 0.2) is 10.6 Å². The molecule has 0 heterocycles. The average molecular weight is 279 g/mol. The highest BCUT2D eigenvalue weighted by atomic mass is 79.9. The van der Waals surface area contributed by atoms with Gasteiger partial charge in [0.05, 0.1) is 6.10 Å². The average Bonchev–Trinajstić information content (AvgIpc) is 2.89. The summed E-state index contributed by atoms with van der Waals surface area (Å²) in [6.07, 6.45) is 3.39. The van der Waals surface area contributed by atoms with Gasteiger partial charge in [-0.3, -0.25) is 0 Å². The fourth-order valence-electron chi connectivity index (χ4n) is 2.61. The van der Waals surface area contributed by atoms with Crippen LogP contribution in [-0.4, -0.2) is 26.7 Å². The van der Waals surface area contributed by atoms with Crippen molar-refractivity contribution in [1.29, 1.82) is 0 Å². The number of hydrogen-bond acceptors (Lipinski definition) is 3. The van der Waals surface area contributed by atoms with E-state index in [9.17, 15) is 8.42 Å². The zero-order chi connectivity index (χ0) is 10.1. The van der Waals surface area contributed by atoms with Gasteiger partial charge in [-0.15, -0.1) is 0 Å². The Bertz CT molecular complexity index is 404. The molecule has 0 aliphatic heterocycles. The third-order valence-electron chi connectivity index (χ3n) is 3.38. The third kappa shape index (κ3) is 1.29. The van der Waals surface area contributed by atoms with E-state index in [1.54, 1.807) is 0 Å². The summed E-state index contributed by atoms with van der Waals surface area (Å²) in [7, 11) is -3.01. The van der Waals surface area contributed by atoms with Crippen molar-refractivity contribution in [2.45, 2.75) is 6.10 Å². The van der Waals surface area contributed by atoms with Crippen LogP contribution in [0.2, 0.25) is 0 Å². The molecule has 0 radical (unpaired) electrons. The van der Waals surface area contributed by atoms with Gasteiger partial charge in [-0.05, 0) is 23.7 Å². The van der Waals surface area contributed by atoms with Crippen LogP contribution in [-0.2, 0) is 14.6 Å². The van der Waals surface area contributed by atoms with Gasteiger partial charge < -0.3 is 4.74 Å². The van der Waals surface area contributed by atoms with E-state index in [1.165, 1.54) is 6.26 Å². The predicted molar refractivity (Wildman–Crippen MR) is 55.6 cm³/mol. The summed E-state index contributed by atoms with van der Waals surface area (Å²) in [5.74, 6) is 2.82. The van der Waals surface area contributed by atoms with E-state index in [0.717, 1.165) is 22.2 Å². The first-order valence-corrected chi connectivity index (χ1v) is 7.51. The fourth-order valence-corrected chi connectivity index (χ4v) is 3.75. The summed E-state index contributed by atoms with van der Waals surface area (Å²) >= 11 is 3.45. The summed E-state index contributed by atoms with van der Waals surface area (Å²) in [5, 5.41) is 0. The van der Waals surface area contributed by atoms with Gasteiger partial charge in [0.25, 0.3) is 0 Å². The maximum Gasteiger partial charge on any atom is 0.171 e. The van der Waals surface area contributed by atoms with Crippen LogP contribution in [0.4, 0.5) is 0 Å². The van der Waals surface area contributed by atoms with Crippen LogP contribution in [0.1, 0.15) is 0 Å². The minimum Gasteiger partial charge on any atom is -0.357 e. The van der Waals surface area contributed by atoms with Gasteiger partial charge in [-0.25, -0.2) is 8.42 Å². The molecule has 14 heavy (non-hydrogen) atoms. The second-order valence-electron chi connectivity index (χ2n) is 4.49. The van der Waals surface area contributed by atoms with Crippen molar-refractivity contribution >= 4 is 25.8 Å². The first-order valence-electron chi connectivity index (χ1n) is 4.65. The molecule has 0 amide bonds. The fraction of sp³-hybridized carbons (Fsp3) is 0.778. The minimum absolute atomic E-state index is 0.00437. The smallest absolute Gasteiger partial charge is 0.171 e. The van der Waals surface area contributed by atoms with Gasteiger partial charge in [-0.2, -0.15) is 0 Å². The van der Waals surface area contributed by atoms with Crippen molar-refractivity contribution in [3.05, 3.63) is 10.6 Å². The Morgan fingerprint density at radius 3 is 2.64 bits per heavy atom. The van der Waals surface area contributed by atoms with Crippen LogP contribution in [0.5, 0.6) is 0 Å². The Kier molecular flexibility index (Phi) is 1.76. The van der Waals surface area contributed by atoms with Crippen molar-refractivity contribution in [1.82, 2.24) is 0 Å². The molecule has 2 bridgehead atoms. The summed E-state index contributed by atoms with van der Waals surface area (Å²) in [5.41, 5.74) is 0. The first kappa shape index (κ1) is 9.36. The lowest BCUT2D eigenvalue weighted by atomic mass is 9.93. The Hall–Kier alpha value is 0.130. The van der Waals surface area contributed by atoms with Gasteiger partial charge in [-0.1, -0.05) is 22.0 Å². The van der Waals surface area contributed by atoms with E-state index in [0.29, 0.717) is 5.92 Å². The molecule has 2 unspecified atom stereocenters. The molecule has 0 aromatic heterocycles. The molecule has 78 valence electrons. The van der Waals surface area contributed by atoms with E-state index in [1.807, 2.05) is 0 Å². The van der Waals surface area contributed by atoms with Crippen LogP contribution >= 0.6 is 15.9 Å². The first-order chi connectivity index (χ1) is 6.49. The Labute approximate surface area is 91.6 Å². The number of hydrogen-bond donors (Lipinski definition) is 0. The molecule has 3 nitrogen and oxygen atoms in total. The molecular weight excluding hydrogens is 268 g/mol. The highest BCUT2D eigenvalue weighted by Crippen LogP contribution is 2.78. The third-order valence-corrected chi connectivity index (χ3v) is 4.66. The number of rotatable bonds is 3. The second kappa shape index (κ2) is 2.62. The lowest BCUT2D eigenvalue weighted by Gasteiger charge is -2.26. The van der Waals surface area contributed by atoms with Gasteiger partial charge in [0.1, 0.15) is 5.94 Å². The Morgan fingerprint density at radius 1 is 1.43 bits per heavy atom. The van der Waals surface area contributed by atoms with Crippen molar-refractivity contribution in [3.8, 4) is 0 Å². The number of fused-ring (bicyclic) bond motifs is 1. The number of halogens is 1. The molecule has 0 N–H and O–H groups in total. The van der Waals surface area contributed by atoms with Crippen LogP contribution < -0.4 is 0 Å². The lowest BCUT2D eigenvalue weighted by Crippen LogP contribution is -2.28. The predicted octanol–water partition coefficient (Wildman–Crippen LogP) is 1.16. The molecule has 4 rings (SSSR count). The largest absolute Gasteiger partial charge is 0.357 e. The van der Waals surface area contributed by atoms with E-state index in [-0.39, 0.29) is 12.0 Å². The summed E-state index contributed by atoms with van der Waals surface area (Å²) in [4.78, 5) is 0. The molecule has 0 aromatic carbocycles. The van der Waals surface area contributed by atoms with E-state index >= 15 is 0 Å². The molecule has 5 heteroatoms. The summed E-state index contributed by atoms with van der Waals surface area (Å²) < 4.78 is 28.4. The van der Waals surface area contributed by atoms with Gasteiger partial charge >= 0.3 is 0 Å². The molecule has 5 atom stereocenters. The monoisotopic (exact) mass is 278 g/mol. The van der Waals surface area contributed by atoms with Crippen molar-refractivity contribution < 1.29 is 13.2 Å². The zero-order valence-corrected chi connectivity index (χ0v) is 10.1. The van der Waals surface area contributed by atoms with E-state index in [4.69, 9.17) is 4.74 Å². The molecule has 2 fully saturated rings. The van der Waals surface area contributed by atoms with Gasteiger partial charge in [0, 0.05) is 10.7 Å².